The highest BCUT2D eigenvalue weighted by Gasteiger charge is 2.14. The molecule has 2 rings (SSSR count). The van der Waals surface area contributed by atoms with Gasteiger partial charge in [0.15, 0.2) is 0 Å². The predicted octanol–water partition coefficient (Wildman–Crippen LogP) is 3.94. The van der Waals surface area contributed by atoms with Crippen LogP contribution in [0, 0.1) is 5.92 Å². The Bertz CT molecular complexity index is 367. The van der Waals surface area contributed by atoms with E-state index in [1.165, 1.54) is 41.9 Å². The molecule has 1 fully saturated rings. The zero-order valence-corrected chi connectivity index (χ0v) is 11.1. The lowest BCUT2D eigenvalue weighted by molar-refractivity contribution is 0.623. The van der Waals surface area contributed by atoms with Crippen molar-refractivity contribution >= 4 is 17.8 Å². The van der Waals surface area contributed by atoms with E-state index in [2.05, 4.69) is 30.3 Å². The van der Waals surface area contributed by atoms with Gasteiger partial charge in [0.25, 0.3) is 0 Å². The van der Waals surface area contributed by atoms with E-state index in [1.54, 1.807) is 0 Å². The zero-order valence-electron chi connectivity index (χ0n) is 10.3. The number of thioether (sulfide) groups is 1. The van der Waals surface area contributed by atoms with Crippen molar-refractivity contribution in [2.24, 2.45) is 11.7 Å². The van der Waals surface area contributed by atoms with Gasteiger partial charge in [0.05, 0.1) is 0 Å². The lowest BCUT2D eigenvalue weighted by Gasteiger charge is -2.08. The Balaban J connectivity index is 1.89. The minimum Gasteiger partial charge on any atom is -0.327 e. The maximum atomic E-state index is 5.46. The molecule has 0 atom stereocenters. The van der Waals surface area contributed by atoms with Crippen LogP contribution in [0.25, 0.3) is 6.08 Å². The quantitative estimate of drug-likeness (QED) is 0.798. The normalized spacial score (nSPS) is 17.0. The molecule has 0 radical (unpaired) electrons. The fourth-order valence-corrected chi connectivity index (χ4v) is 3.46. The van der Waals surface area contributed by atoms with Gasteiger partial charge in [0.2, 0.25) is 0 Å². The SMILES string of the molecule is NC/C=C/c1cccc(SCC2CCCC2)c1. The van der Waals surface area contributed by atoms with Crippen LogP contribution >= 0.6 is 11.8 Å². The summed E-state index contributed by atoms with van der Waals surface area (Å²) in [7, 11) is 0. The summed E-state index contributed by atoms with van der Waals surface area (Å²) in [5, 5.41) is 0. The largest absolute Gasteiger partial charge is 0.327 e. The highest BCUT2D eigenvalue weighted by molar-refractivity contribution is 7.99. The molecule has 1 aromatic carbocycles. The van der Waals surface area contributed by atoms with Crippen molar-refractivity contribution in [3.05, 3.63) is 35.9 Å². The molecule has 0 spiro atoms. The summed E-state index contributed by atoms with van der Waals surface area (Å²) in [4.78, 5) is 1.39. The molecule has 0 amide bonds. The molecular formula is C15H21NS. The molecule has 0 unspecified atom stereocenters. The Morgan fingerprint density at radius 2 is 2.12 bits per heavy atom. The minimum absolute atomic E-state index is 0.611. The van der Waals surface area contributed by atoms with Gasteiger partial charge in [-0.05, 0) is 36.5 Å². The number of nitrogens with two attached hydrogens (primary N) is 1. The van der Waals surface area contributed by atoms with Crippen LogP contribution < -0.4 is 5.73 Å². The summed E-state index contributed by atoms with van der Waals surface area (Å²) in [5.41, 5.74) is 6.72. The highest BCUT2D eigenvalue weighted by atomic mass is 32.2. The van der Waals surface area contributed by atoms with Crippen molar-refractivity contribution in [1.82, 2.24) is 0 Å². The first kappa shape index (κ1) is 12.7. The third-order valence-electron chi connectivity index (χ3n) is 3.26. The molecule has 0 bridgehead atoms. The molecule has 0 saturated heterocycles. The molecule has 1 aliphatic rings. The van der Waals surface area contributed by atoms with Gasteiger partial charge in [-0.2, -0.15) is 0 Å². The summed E-state index contributed by atoms with van der Waals surface area (Å²) < 4.78 is 0. The molecule has 2 heteroatoms. The lowest BCUT2D eigenvalue weighted by Crippen LogP contribution is -1.96. The third-order valence-corrected chi connectivity index (χ3v) is 4.49. The van der Waals surface area contributed by atoms with E-state index < -0.39 is 0 Å². The maximum Gasteiger partial charge on any atom is 0.0110 e. The van der Waals surface area contributed by atoms with Gasteiger partial charge in [0, 0.05) is 17.2 Å². The first-order valence-electron chi connectivity index (χ1n) is 6.48. The summed E-state index contributed by atoms with van der Waals surface area (Å²) in [6.07, 6.45) is 9.83. The van der Waals surface area contributed by atoms with Gasteiger partial charge in [0.1, 0.15) is 0 Å². The van der Waals surface area contributed by atoms with Crippen molar-refractivity contribution in [1.29, 1.82) is 0 Å². The average Bonchev–Trinajstić information content (AvgIpc) is 2.87. The van der Waals surface area contributed by atoms with Crippen LogP contribution in [0.5, 0.6) is 0 Å². The van der Waals surface area contributed by atoms with Gasteiger partial charge in [-0.1, -0.05) is 37.1 Å². The second-order valence-electron chi connectivity index (χ2n) is 4.67. The van der Waals surface area contributed by atoms with Gasteiger partial charge in [-0.25, -0.2) is 0 Å². The fraction of sp³-hybridized carbons (Fsp3) is 0.467. The Labute approximate surface area is 108 Å². The Morgan fingerprint density at radius 1 is 1.29 bits per heavy atom. The molecule has 0 aliphatic heterocycles. The fourth-order valence-electron chi connectivity index (χ4n) is 2.30. The summed E-state index contributed by atoms with van der Waals surface area (Å²) >= 11 is 2.00. The van der Waals surface area contributed by atoms with Crippen LogP contribution in [0.2, 0.25) is 0 Å². The van der Waals surface area contributed by atoms with E-state index in [-0.39, 0.29) is 0 Å². The molecule has 92 valence electrons. The molecule has 1 saturated carbocycles. The molecule has 0 aromatic heterocycles. The zero-order chi connectivity index (χ0) is 11.9. The molecule has 0 heterocycles. The summed E-state index contributed by atoms with van der Waals surface area (Å²) in [6, 6.07) is 8.73. The van der Waals surface area contributed by atoms with E-state index >= 15 is 0 Å². The maximum absolute atomic E-state index is 5.46. The smallest absolute Gasteiger partial charge is 0.0110 e. The van der Waals surface area contributed by atoms with Crippen LogP contribution in [0.4, 0.5) is 0 Å². The van der Waals surface area contributed by atoms with Gasteiger partial charge >= 0.3 is 0 Å². The molecule has 1 aliphatic carbocycles. The van der Waals surface area contributed by atoms with E-state index in [0.29, 0.717) is 6.54 Å². The van der Waals surface area contributed by atoms with Crippen LogP contribution in [0.15, 0.2) is 35.2 Å². The first-order chi connectivity index (χ1) is 8.38. The van der Waals surface area contributed by atoms with Crippen molar-refractivity contribution in [3.63, 3.8) is 0 Å². The first-order valence-corrected chi connectivity index (χ1v) is 7.46. The number of hydrogen-bond donors (Lipinski definition) is 1. The summed E-state index contributed by atoms with van der Waals surface area (Å²) in [5.74, 6) is 2.23. The van der Waals surface area contributed by atoms with Crippen LogP contribution in [0.3, 0.4) is 0 Å². The highest BCUT2D eigenvalue weighted by Crippen LogP contribution is 2.31. The number of hydrogen-bond acceptors (Lipinski definition) is 2. The van der Waals surface area contributed by atoms with E-state index in [4.69, 9.17) is 5.73 Å². The Hall–Kier alpha value is -0.730. The van der Waals surface area contributed by atoms with E-state index in [0.717, 1.165) is 5.92 Å². The standard InChI is InChI=1S/C15H21NS/c16-10-4-8-13-7-3-9-15(11-13)17-12-14-5-1-2-6-14/h3-4,7-9,11,14H,1-2,5-6,10,12,16H2/b8-4+. The second kappa shape index (κ2) is 6.87. The van der Waals surface area contributed by atoms with E-state index in [1.807, 2.05) is 17.8 Å². The number of benzene rings is 1. The van der Waals surface area contributed by atoms with Crippen LogP contribution in [-0.2, 0) is 0 Å². The second-order valence-corrected chi connectivity index (χ2v) is 5.77. The average molecular weight is 247 g/mol. The van der Waals surface area contributed by atoms with Crippen molar-refractivity contribution in [3.8, 4) is 0 Å². The topological polar surface area (TPSA) is 26.0 Å². The summed E-state index contributed by atoms with van der Waals surface area (Å²) in [6.45, 7) is 0.611. The molecular weight excluding hydrogens is 226 g/mol. The van der Waals surface area contributed by atoms with Gasteiger partial charge in [-0.3, -0.25) is 0 Å². The molecule has 2 N–H and O–H groups in total. The Kier molecular flexibility index (Phi) is 5.14. The van der Waals surface area contributed by atoms with Gasteiger partial charge in [-0.15, -0.1) is 11.8 Å². The van der Waals surface area contributed by atoms with Crippen LogP contribution in [0.1, 0.15) is 31.2 Å². The van der Waals surface area contributed by atoms with Gasteiger partial charge < -0.3 is 5.73 Å². The monoisotopic (exact) mass is 247 g/mol. The third kappa shape index (κ3) is 4.21. The predicted molar refractivity (Wildman–Crippen MR) is 77.2 cm³/mol. The molecule has 1 nitrogen and oxygen atoms in total. The van der Waals surface area contributed by atoms with Crippen molar-refractivity contribution in [2.45, 2.75) is 30.6 Å². The van der Waals surface area contributed by atoms with Crippen molar-refractivity contribution < 1.29 is 0 Å². The Morgan fingerprint density at radius 3 is 2.88 bits per heavy atom. The molecule has 1 aromatic rings. The van der Waals surface area contributed by atoms with Crippen LogP contribution in [-0.4, -0.2) is 12.3 Å². The minimum atomic E-state index is 0.611. The van der Waals surface area contributed by atoms with E-state index in [9.17, 15) is 0 Å². The molecule has 17 heavy (non-hydrogen) atoms. The lowest BCUT2D eigenvalue weighted by atomic mass is 10.1. The van der Waals surface area contributed by atoms with Crippen molar-refractivity contribution in [2.75, 3.05) is 12.3 Å². The number of rotatable bonds is 5.